The van der Waals surface area contributed by atoms with E-state index in [1.807, 2.05) is 29.3 Å². The van der Waals surface area contributed by atoms with Gasteiger partial charge in [-0.05, 0) is 70.7 Å². The van der Waals surface area contributed by atoms with E-state index in [2.05, 4.69) is 78.5 Å². The molecule has 6 rings (SSSR count). The third-order valence-electron chi connectivity index (χ3n) is 7.76. The van der Waals surface area contributed by atoms with Crippen molar-refractivity contribution in [3.05, 3.63) is 41.6 Å². The van der Waals surface area contributed by atoms with E-state index in [4.69, 9.17) is 23.6 Å². The van der Waals surface area contributed by atoms with Gasteiger partial charge in [-0.3, -0.25) is 14.8 Å². The van der Waals surface area contributed by atoms with Crippen LogP contribution in [0.4, 0.5) is 4.79 Å². The van der Waals surface area contributed by atoms with Crippen molar-refractivity contribution in [2.45, 2.75) is 45.2 Å². The van der Waals surface area contributed by atoms with Crippen LogP contribution in [0, 0.1) is 11.8 Å². The van der Waals surface area contributed by atoms with Gasteiger partial charge in [-0.2, -0.15) is 0 Å². The Kier molecular flexibility index (Phi) is 21.0. The van der Waals surface area contributed by atoms with Crippen molar-refractivity contribution in [1.29, 1.82) is 0 Å². The molecule has 4 aliphatic rings. The number of thiophene rings is 2. The summed E-state index contributed by atoms with van der Waals surface area (Å²) < 4.78 is 2.15. The van der Waals surface area contributed by atoms with Crippen molar-refractivity contribution in [2.75, 3.05) is 27.2 Å². The molecule has 4 atom stereocenters. The van der Waals surface area contributed by atoms with Crippen LogP contribution in [0.25, 0.3) is 0 Å². The Labute approximate surface area is 378 Å². The minimum absolute atomic E-state index is 0. The van der Waals surface area contributed by atoms with Gasteiger partial charge in [0.1, 0.15) is 22.7 Å². The molecule has 2 aromatic rings. The van der Waals surface area contributed by atoms with Gasteiger partial charge in [0.15, 0.2) is 11.8 Å². The summed E-state index contributed by atoms with van der Waals surface area (Å²) in [7, 11) is 9.05. The molecule has 2 unspecified atom stereocenters. The summed E-state index contributed by atoms with van der Waals surface area (Å²) in [6.45, 7) is 5.91. The van der Waals surface area contributed by atoms with Gasteiger partial charge >= 0.3 is 126 Å². The van der Waals surface area contributed by atoms with Crippen LogP contribution in [0.3, 0.4) is 0 Å². The number of hydrogen-bond acceptors (Lipinski definition) is 10. The van der Waals surface area contributed by atoms with Crippen LogP contribution in [-0.2, 0) is 11.1 Å². The van der Waals surface area contributed by atoms with E-state index in [0.717, 1.165) is 51.4 Å². The molecule has 9 nitrogen and oxygen atoms in total. The van der Waals surface area contributed by atoms with Gasteiger partial charge in [-0.1, -0.05) is 7.43 Å². The summed E-state index contributed by atoms with van der Waals surface area (Å²) in [6.07, 6.45) is 2.00. The van der Waals surface area contributed by atoms with E-state index in [1.165, 1.54) is 131 Å². The van der Waals surface area contributed by atoms with E-state index in [-0.39, 0.29) is 18.9 Å². The Balaban J connectivity index is 0.000000273. The van der Waals surface area contributed by atoms with E-state index in [9.17, 15) is 4.79 Å². The quantitative estimate of drug-likeness (QED) is 0.448. The van der Waals surface area contributed by atoms with Gasteiger partial charge in [-0.15, -0.1) is 22.7 Å². The zero-order chi connectivity index (χ0) is 32.1. The van der Waals surface area contributed by atoms with Gasteiger partial charge in [0.05, 0.1) is 0 Å². The molecular weight excluding hydrogens is 831 g/mol. The van der Waals surface area contributed by atoms with E-state index in [0.29, 0.717) is 17.8 Å². The van der Waals surface area contributed by atoms with Crippen LogP contribution < -0.4 is 11.1 Å². The first kappa shape index (κ1) is 44.7. The number of amides is 1. The molecule has 0 bridgehead atoms. The Hall–Kier alpha value is 4.52. The third kappa shape index (κ3) is 10.3. The number of guanidine groups is 2. The van der Waals surface area contributed by atoms with Crippen LogP contribution in [0.1, 0.15) is 43.9 Å². The van der Waals surface area contributed by atoms with Crippen molar-refractivity contribution in [1.82, 2.24) is 15.1 Å². The maximum absolute atomic E-state index is 11.2. The summed E-state index contributed by atoms with van der Waals surface area (Å²) in [5.41, 5.74) is 5.33. The molecule has 2 radical (unpaired) electrons. The standard InChI is InChI=1S/C13H14BBrN4OS.C12H15BrN4S.CH4.4K/c1-13(9-5-7(15)6-21-9)8-3-4-16-10(8)19(2)12(18-13)17-11(14)20;1-12(9-5-7(13)6-18-9)8-3-4-15-10(8)17(2)11(14)16-12;;;;;/h5-6,8H,3-4H2,1-2H3,(H,17,18,20);5-6,8H,3-4H2,1-2H3,(H2,14,16);1H4;;;;/t8?,13-;8?,12-;;;;;/m00...../s1. The molecule has 2 aromatic heterocycles. The Morgan fingerprint density at radius 1 is 0.932 bits per heavy atom. The van der Waals surface area contributed by atoms with Crippen molar-refractivity contribution in [3.8, 4) is 0 Å². The molecule has 0 saturated carbocycles. The number of fused-ring (bicyclic) bond motifs is 2. The molecule has 216 valence electrons. The Bertz CT molecular complexity index is 1440. The number of carbonyl (C=O) groups is 1. The van der Waals surface area contributed by atoms with Gasteiger partial charge in [0.25, 0.3) is 0 Å². The fourth-order valence-electron chi connectivity index (χ4n) is 5.66. The summed E-state index contributed by atoms with van der Waals surface area (Å²) >= 11 is 15.4. The summed E-state index contributed by atoms with van der Waals surface area (Å²) in [5.74, 6) is 2.97. The van der Waals surface area contributed by atoms with Crippen molar-refractivity contribution in [3.63, 3.8) is 0 Å². The second-order valence-corrected chi connectivity index (χ2v) is 13.9. The van der Waals surface area contributed by atoms with E-state index in [1.54, 1.807) is 22.7 Å². The number of hydrogen-bond donors (Lipinski definition) is 2. The van der Waals surface area contributed by atoms with Gasteiger partial charge in [0.2, 0.25) is 13.8 Å². The zero-order valence-electron chi connectivity index (χ0n) is 26.1. The van der Waals surface area contributed by atoms with Crippen LogP contribution in [-0.4, -0.2) is 201 Å². The molecule has 6 heterocycles. The molecule has 0 aromatic carbocycles. The van der Waals surface area contributed by atoms with Crippen molar-refractivity contribution >= 4 is 218 Å². The van der Waals surface area contributed by atoms with Crippen molar-refractivity contribution < 1.29 is 4.79 Å². The fraction of sp³-hybridized carbons (Fsp3) is 0.500. The number of nitrogens with zero attached hydrogens (tertiary/aromatic N) is 6. The predicted molar refractivity (Wildman–Crippen MR) is 198 cm³/mol. The van der Waals surface area contributed by atoms with Crippen LogP contribution >= 0.6 is 54.5 Å². The number of nitrogens with two attached hydrogens (primary N) is 1. The topological polar surface area (TPSA) is 111 Å². The summed E-state index contributed by atoms with van der Waals surface area (Å²) in [5, 5.41) is 6.74. The molecular formula is C26H33BBr2K4N8OS2. The SMILES string of the molecule is C.CN1C(N)=N[C@](C)(c2cc(Br)cs2)C2CCN=C21.[B]C(=O)NC1=N[C@](C)(c2cc(Br)cs2)C2CCN=C2N1C.[K][K].[K][K]. The Morgan fingerprint density at radius 2 is 1.36 bits per heavy atom. The minimum atomic E-state index is -0.618. The average molecular weight is 865 g/mol. The fourth-order valence-corrected chi connectivity index (χ4v) is 8.84. The molecule has 44 heavy (non-hydrogen) atoms. The van der Waals surface area contributed by atoms with Crippen molar-refractivity contribution in [2.24, 2.45) is 37.5 Å². The average Bonchev–Trinajstić information content (AvgIpc) is 3.80. The Morgan fingerprint density at radius 3 is 1.77 bits per heavy atom. The van der Waals surface area contributed by atoms with E-state index < -0.39 is 11.3 Å². The first-order chi connectivity index (χ1) is 20.4. The molecule has 0 spiro atoms. The second-order valence-electron chi connectivity index (χ2n) is 10.2. The molecule has 4 aliphatic heterocycles. The molecule has 0 saturated heterocycles. The molecule has 1 amide bonds. The predicted octanol–water partition coefficient (Wildman–Crippen LogP) is 3.84. The number of aliphatic imine (C=N–C) groups is 4. The maximum atomic E-state index is 11.2. The molecule has 0 aliphatic carbocycles. The monoisotopic (exact) mass is 862 g/mol. The van der Waals surface area contributed by atoms with Gasteiger partial charge < -0.3 is 20.9 Å². The van der Waals surface area contributed by atoms with Gasteiger partial charge in [-0.25, -0.2) is 9.98 Å². The summed E-state index contributed by atoms with van der Waals surface area (Å²) in [4.78, 5) is 36.1. The number of nitrogens with one attached hydrogen (secondary N) is 1. The molecule has 0 fully saturated rings. The van der Waals surface area contributed by atoms with Crippen LogP contribution in [0.15, 0.2) is 51.8 Å². The number of halogens is 2. The number of carbonyl (C=O) groups excluding carboxylic acids is 1. The molecule has 18 heteroatoms. The number of amidine groups is 2. The normalized spacial score (nSPS) is 26.4. The zero-order valence-corrected chi connectivity index (χ0v) is 43.4. The molecule has 3 N–H and O–H groups in total. The van der Waals surface area contributed by atoms with E-state index >= 15 is 0 Å². The third-order valence-corrected chi connectivity index (χ3v) is 11.6. The first-order valence-corrected chi connectivity index (χ1v) is 49.9. The van der Waals surface area contributed by atoms with Gasteiger partial charge in [0, 0.05) is 68.5 Å². The second kappa shape index (κ2) is 20.7. The number of rotatable bonds is 2. The van der Waals surface area contributed by atoms with Crippen LogP contribution in [0.2, 0.25) is 0 Å². The van der Waals surface area contributed by atoms with Crippen LogP contribution in [0.5, 0.6) is 0 Å². The summed E-state index contributed by atoms with van der Waals surface area (Å²) in [6, 6.07) is 4.22. The first-order valence-electron chi connectivity index (χ1n) is 14.5.